The molecule has 1 aromatic carbocycles. The topological polar surface area (TPSA) is 55.6 Å². The predicted molar refractivity (Wildman–Crippen MR) is 80.9 cm³/mol. The largest absolute Gasteiger partial charge is 0.479 e. The average molecular weight is 280 g/mol. The summed E-state index contributed by atoms with van der Waals surface area (Å²) in [7, 11) is 0. The maximum atomic E-state index is 12.2. The Morgan fingerprint density at radius 1 is 1.47 bits per heavy atom. The van der Waals surface area contributed by atoms with E-state index in [4.69, 9.17) is 10.5 Å². The molecule has 0 radical (unpaired) electrons. The Kier molecular flexibility index (Phi) is 4.58. The summed E-state index contributed by atoms with van der Waals surface area (Å²) in [6.45, 7) is 4.66. The van der Waals surface area contributed by atoms with Crippen LogP contribution in [0.25, 0.3) is 0 Å². The SMILES string of the molecule is CCSCCCN1C(=O)C(C)Oc2cc(N)ccc21. The maximum Gasteiger partial charge on any atom is 0.267 e. The maximum absolute atomic E-state index is 12.2. The fourth-order valence-corrected chi connectivity index (χ4v) is 2.75. The van der Waals surface area contributed by atoms with Gasteiger partial charge in [0.25, 0.3) is 5.91 Å². The van der Waals surface area contributed by atoms with Gasteiger partial charge in [-0.2, -0.15) is 11.8 Å². The molecule has 19 heavy (non-hydrogen) atoms. The molecule has 2 N–H and O–H groups in total. The van der Waals surface area contributed by atoms with Crippen molar-refractivity contribution >= 4 is 29.0 Å². The molecule has 0 fully saturated rings. The van der Waals surface area contributed by atoms with Crippen molar-refractivity contribution in [1.82, 2.24) is 0 Å². The highest BCUT2D eigenvalue weighted by molar-refractivity contribution is 7.99. The van der Waals surface area contributed by atoms with Crippen LogP contribution in [0.2, 0.25) is 0 Å². The highest BCUT2D eigenvalue weighted by Crippen LogP contribution is 2.35. The number of carbonyl (C=O) groups excluding carboxylic acids is 1. The molecule has 0 saturated carbocycles. The number of anilines is 2. The Morgan fingerprint density at radius 3 is 3.00 bits per heavy atom. The second-order valence-electron chi connectivity index (χ2n) is 4.53. The number of hydrogen-bond donors (Lipinski definition) is 1. The van der Waals surface area contributed by atoms with Crippen molar-refractivity contribution in [3.8, 4) is 5.75 Å². The molecule has 1 aliphatic heterocycles. The molecule has 0 aliphatic carbocycles. The number of nitrogens with two attached hydrogens (primary N) is 1. The van der Waals surface area contributed by atoms with Gasteiger partial charge in [-0.3, -0.25) is 4.79 Å². The molecule has 2 rings (SSSR count). The van der Waals surface area contributed by atoms with Crippen LogP contribution in [0.3, 0.4) is 0 Å². The van der Waals surface area contributed by atoms with E-state index in [1.54, 1.807) is 19.1 Å². The number of thioether (sulfide) groups is 1. The predicted octanol–water partition coefficient (Wildman–Crippen LogP) is 2.53. The summed E-state index contributed by atoms with van der Waals surface area (Å²) in [4.78, 5) is 14.0. The third-order valence-electron chi connectivity index (χ3n) is 3.07. The Bertz CT molecular complexity index is 465. The van der Waals surface area contributed by atoms with Gasteiger partial charge in [-0.15, -0.1) is 0 Å². The first-order chi connectivity index (χ1) is 9.13. The number of nitrogen functional groups attached to an aromatic ring is 1. The number of ether oxygens (including phenoxy) is 1. The van der Waals surface area contributed by atoms with Crippen LogP contribution >= 0.6 is 11.8 Å². The lowest BCUT2D eigenvalue weighted by atomic mass is 10.1. The van der Waals surface area contributed by atoms with Crippen molar-refractivity contribution in [3.63, 3.8) is 0 Å². The minimum Gasteiger partial charge on any atom is -0.479 e. The van der Waals surface area contributed by atoms with E-state index in [0.717, 1.165) is 30.2 Å². The van der Waals surface area contributed by atoms with E-state index in [1.165, 1.54) is 0 Å². The van der Waals surface area contributed by atoms with Crippen LogP contribution < -0.4 is 15.4 Å². The molecular weight excluding hydrogens is 260 g/mol. The number of amides is 1. The second-order valence-corrected chi connectivity index (χ2v) is 5.92. The van der Waals surface area contributed by atoms with Gasteiger partial charge >= 0.3 is 0 Å². The lowest BCUT2D eigenvalue weighted by molar-refractivity contribution is -0.125. The number of benzene rings is 1. The third kappa shape index (κ3) is 3.15. The first-order valence-electron chi connectivity index (χ1n) is 6.58. The molecule has 0 spiro atoms. The molecule has 1 aromatic rings. The number of rotatable bonds is 5. The van der Waals surface area contributed by atoms with Crippen molar-refractivity contribution in [2.24, 2.45) is 0 Å². The molecule has 1 aliphatic rings. The Labute approximate surface area is 118 Å². The zero-order valence-electron chi connectivity index (χ0n) is 11.4. The van der Waals surface area contributed by atoms with Gasteiger partial charge in [-0.05, 0) is 37.0 Å². The molecule has 1 amide bonds. The van der Waals surface area contributed by atoms with Gasteiger partial charge in [0, 0.05) is 18.3 Å². The fraction of sp³-hybridized carbons (Fsp3) is 0.500. The van der Waals surface area contributed by atoms with E-state index in [2.05, 4.69) is 6.92 Å². The molecule has 5 heteroatoms. The lowest BCUT2D eigenvalue weighted by Gasteiger charge is -2.33. The van der Waals surface area contributed by atoms with Gasteiger partial charge in [0.1, 0.15) is 5.75 Å². The summed E-state index contributed by atoms with van der Waals surface area (Å²) in [6, 6.07) is 5.45. The zero-order valence-corrected chi connectivity index (χ0v) is 12.2. The second kappa shape index (κ2) is 6.19. The van der Waals surface area contributed by atoms with Crippen LogP contribution in [0.1, 0.15) is 20.3 Å². The van der Waals surface area contributed by atoms with E-state index in [-0.39, 0.29) is 5.91 Å². The van der Waals surface area contributed by atoms with Crippen molar-refractivity contribution in [1.29, 1.82) is 0 Å². The fourth-order valence-electron chi connectivity index (χ4n) is 2.13. The summed E-state index contributed by atoms with van der Waals surface area (Å²) in [5, 5.41) is 0. The van der Waals surface area contributed by atoms with E-state index >= 15 is 0 Å². The highest BCUT2D eigenvalue weighted by atomic mass is 32.2. The first kappa shape index (κ1) is 14.1. The Balaban J connectivity index is 2.14. The van der Waals surface area contributed by atoms with E-state index < -0.39 is 6.10 Å². The minimum absolute atomic E-state index is 0.0266. The van der Waals surface area contributed by atoms with E-state index in [0.29, 0.717) is 11.4 Å². The first-order valence-corrected chi connectivity index (χ1v) is 7.74. The number of nitrogens with zero attached hydrogens (tertiary/aromatic N) is 1. The van der Waals surface area contributed by atoms with Crippen molar-refractivity contribution < 1.29 is 9.53 Å². The summed E-state index contributed by atoms with van der Waals surface area (Å²) < 4.78 is 5.61. The summed E-state index contributed by atoms with van der Waals surface area (Å²) >= 11 is 1.89. The van der Waals surface area contributed by atoms with Gasteiger partial charge in [0.15, 0.2) is 6.10 Å². The third-order valence-corrected chi connectivity index (χ3v) is 4.05. The molecule has 0 aromatic heterocycles. The molecule has 4 nitrogen and oxygen atoms in total. The molecule has 1 heterocycles. The van der Waals surface area contributed by atoms with Crippen LogP contribution in [0.4, 0.5) is 11.4 Å². The summed E-state index contributed by atoms with van der Waals surface area (Å²) in [5.41, 5.74) is 7.25. The lowest BCUT2D eigenvalue weighted by Crippen LogP contribution is -2.45. The average Bonchev–Trinajstić information content (AvgIpc) is 2.38. The smallest absolute Gasteiger partial charge is 0.267 e. The van der Waals surface area contributed by atoms with Crippen molar-refractivity contribution in [3.05, 3.63) is 18.2 Å². The van der Waals surface area contributed by atoms with Gasteiger partial charge in [0.2, 0.25) is 0 Å². The normalized spacial score (nSPS) is 18.1. The van der Waals surface area contributed by atoms with Crippen LogP contribution in [-0.2, 0) is 4.79 Å². The van der Waals surface area contributed by atoms with E-state index in [9.17, 15) is 4.79 Å². The van der Waals surface area contributed by atoms with Crippen molar-refractivity contribution in [2.75, 3.05) is 28.7 Å². The molecule has 1 unspecified atom stereocenters. The monoisotopic (exact) mass is 280 g/mol. The summed E-state index contributed by atoms with van der Waals surface area (Å²) in [5.74, 6) is 2.91. The summed E-state index contributed by atoms with van der Waals surface area (Å²) in [6.07, 6.45) is 0.550. The van der Waals surface area contributed by atoms with Crippen LogP contribution in [0.15, 0.2) is 18.2 Å². The van der Waals surface area contributed by atoms with Gasteiger partial charge in [-0.1, -0.05) is 6.92 Å². The van der Waals surface area contributed by atoms with Crippen LogP contribution in [0.5, 0.6) is 5.75 Å². The number of fused-ring (bicyclic) bond motifs is 1. The Hall–Kier alpha value is -1.36. The van der Waals surface area contributed by atoms with Crippen LogP contribution in [0, 0.1) is 0 Å². The molecule has 104 valence electrons. The van der Waals surface area contributed by atoms with Gasteiger partial charge in [-0.25, -0.2) is 0 Å². The zero-order chi connectivity index (χ0) is 13.8. The highest BCUT2D eigenvalue weighted by Gasteiger charge is 2.30. The van der Waals surface area contributed by atoms with Crippen molar-refractivity contribution in [2.45, 2.75) is 26.4 Å². The Morgan fingerprint density at radius 2 is 2.26 bits per heavy atom. The molecular formula is C14H20N2O2S. The number of carbonyl (C=O) groups is 1. The number of hydrogen-bond acceptors (Lipinski definition) is 4. The van der Waals surface area contributed by atoms with Crippen LogP contribution in [-0.4, -0.2) is 30.1 Å². The van der Waals surface area contributed by atoms with Gasteiger partial charge < -0.3 is 15.4 Å². The standard InChI is InChI=1S/C14H20N2O2S/c1-3-19-8-4-7-16-12-6-5-11(15)9-13(12)18-10(2)14(16)17/h5-6,9-10H,3-4,7-8,15H2,1-2H3. The van der Waals surface area contributed by atoms with Gasteiger partial charge in [0.05, 0.1) is 5.69 Å². The molecule has 0 bridgehead atoms. The quantitative estimate of drug-likeness (QED) is 0.665. The molecule has 1 atom stereocenters. The van der Waals surface area contributed by atoms with E-state index in [1.807, 2.05) is 22.7 Å². The molecule has 0 saturated heterocycles. The minimum atomic E-state index is -0.437.